The van der Waals surface area contributed by atoms with Crippen LogP contribution in [0.25, 0.3) is 0 Å². The Kier molecular flexibility index (Phi) is 4.12. The SMILES string of the molecule is CCC(CC1CC1)NC(=O)Cn1nc(C)c(N)c1C. The lowest BCUT2D eigenvalue weighted by Gasteiger charge is -2.16. The van der Waals surface area contributed by atoms with Crippen LogP contribution in [0.15, 0.2) is 0 Å². The number of nitrogens with two attached hydrogens (primary N) is 1. The zero-order valence-electron chi connectivity index (χ0n) is 12.1. The summed E-state index contributed by atoms with van der Waals surface area (Å²) in [5.74, 6) is 0.854. The summed E-state index contributed by atoms with van der Waals surface area (Å²) in [5.41, 5.74) is 8.19. The number of carbonyl (C=O) groups excluding carboxylic acids is 1. The Bertz CT molecular complexity index is 462. The van der Waals surface area contributed by atoms with Gasteiger partial charge in [-0.1, -0.05) is 19.8 Å². The summed E-state index contributed by atoms with van der Waals surface area (Å²) >= 11 is 0. The first kappa shape index (κ1) is 13.9. The molecular weight excluding hydrogens is 240 g/mol. The van der Waals surface area contributed by atoms with E-state index >= 15 is 0 Å². The molecule has 3 N–H and O–H groups in total. The Balaban J connectivity index is 1.90. The summed E-state index contributed by atoms with van der Waals surface area (Å²) in [6.07, 6.45) is 4.74. The van der Waals surface area contributed by atoms with Crippen LogP contribution in [-0.2, 0) is 11.3 Å². The molecule has 1 unspecified atom stereocenters. The van der Waals surface area contributed by atoms with Gasteiger partial charge in [-0.3, -0.25) is 9.48 Å². The molecule has 1 saturated carbocycles. The van der Waals surface area contributed by atoms with Crippen LogP contribution in [0.4, 0.5) is 5.69 Å². The fraction of sp³-hybridized carbons (Fsp3) is 0.714. The zero-order chi connectivity index (χ0) is 14.0. The summed E-state index contributed by atoms with van der Waals surface area (Å²) in [6.45, 7) is 6.13. The number of carbonyl (C=O) groups is 1. The van der Waals surface area contributed by atoms with Gasteiger partial charge in [0.2, 0.25) is 5.91 Å². The molecule has 1 aromatic rings. The highest BCUT2D eigenvalue weighted by Crippen LogP contribution is 2.34. The molecule has 1 aliphatic rings. The minimum atomic E-state index is 0.0260. The Labute approximate surface area is 114 Å². The molecule has 5 nitrogen and oxygen atoms in total. The fourth-order valence-corrected chi connectivity index (χ4v) is 2.36. The van der Waals surface area contributed by atoms with Gasteiger partial charge in [0.05, 0.1) is 17.1 Å². The number of amides is 1. The van der Waals surface area contributed by atoms with Crippen LogP contribution in [-0.4, -0.2) is 21.7 Å². The summed E-state index contributed by atoms with van der Waals surface area (Å²) in [6, 6.07) is 0.300. The van der Waals surface area contributed by atoms with Gasteiger partial charge in [0.25, 0.3) is 0 Å². The number of anilines is 1. The topological polar surface area (TPSA) is 72.9 Å². The molecule has 0 bridgehead atoms. The Morgan fingerprint density at radius 1 is 1.53 bits per heavy atom. The van der Waals surface area contributed by atoms with Gasteiger partial charge in [0, 0.05) is 6.04 Å². The van der Waals surface area contributed by atoms with E-state index in [2.05, 4.69) is 17.3 Å². The van der Waals surface area contributed by atoms with Crippen LogP contribution in [0.5, 0.6) is 0 Å². The zero-order valence-corrected chi connectivity index (χ0v) is 12.1. The minimum absolute atomic E-state index is 0.0260. The number of rotatable bonds is 6. The molecule has 0 aromatic carbocycles. The summed E-state index contributed by atoms with van der Waals surface area (Å²) in [5, 5.41) is 7.39. The van der Waals surface area contributed by atoms with Crippen molar-refractivity contribution >= 4 is 11.6 Å². The first-order chi connectivity index (χ1) is 9.01. The predicted molar refractivity (Wildman–Crippen MR) is 75.7 cm³/mol. The number of hydrogen-bond donors (Lipinski definition) is 2. The van der Waals surface area contributed by atoms with Crippen LogP contribution >= 0.6 is 0 Å². The minimum Gasteiger partial charge on any atom is -0.396 e. The number of nitrogens with zero attached hydrogens (tertiary/aromatic N) is 2. The molecule has 1 aliphatic carbocycles. The molecule has 19 heavy (non-hydrogen) atoms. The highest BCUT2D eigenvalue weighted by molar-refractivity contribution is 5.76. The van der Waals surface area contributed by atoms with Crippen molar-refractivity contribution in [2.75, 3.05) is 5.73 Å². The van der Waals surface area contributed by atoms with Gasteiger partial charge >= 0.3 is 0 Å². The summed E-state index contributed by atoms with van der Waals surface area (Å²) in [7, 11) is 0. The molecule has 1 amide bonds. The molecule has 0 spiro atoms. The van der Waals surface area contributed by atoms with Gasteiger partial charge in [-0.25, -0.2) is 0 Å². The third kappa shape index (κ3) is 3.49. The first-order valence-corrected chi connectivity index (χ1v) is 7.10. The summed E-state index contributed by atoms with van der Waals surface area (Å²) in [4.78, 5) is 12.0. The van der Waals surface area contributed by atoms with Crippen molar-refractivity contribution in [1.29, 1.82) is 0 Å². The molecule has 1 atom stereocenters. The average molecular weight is 264 g/mol. The van der Waals surface area contributed by atoms with Crippen LogP contribution in [0.2, 0.25) is 0 Å². The summed E-state index contributed by atoms with van der Waals surface area (Å²) < 4.78 is 1.68. The van der Waals surface area contributed by atoms with Crippen molar-refractivity contribution in [2.45, 2.75) is 59.0 Å². The molecular formula is C14H24N4O. The molecule has 1 fully saturated rings. The van der Waals surface area contributed by atoms with Gasteiger partial charge in [-0.2, -0.15) is 5.10 Å². The van der Waals surface area contributed by atoms with Crippen LogP contribution < -0.4 is 11.1 Å². The molecule has 1 heterocycles. The van der Waals surface area contributed by atoms with Crippen molar-refractivity contribution in [3.63, 3.8) is 0 Å². The second-order valence-corrected chi connectivity index (χ2v) is 5.59. The molecule has 0 radical (unpaired) electrons. The van der Waals surface area contributed by atoms with Gasteiger partial charge in [0.15, 0.2) is 0 Å². The van der Waals surface area contributed by atoms with E-state index in [1.54, 1.807) is 4.68 Å². The number of aryl methyl sites for hydroxylation is 1. The molecule has 2 rings (SSSR count). The lowest BCUT2D eigenvalue weighted by molar-refractivity contribution is -0.122. The molecule has 5 heteroatoms. The van der Waals surface area contributed by atoms with Gasteiger partial charge < -0.3 is 11.1 Å². The van der Waals surface area contributed by atoms with Crippen molar-refractivity contribution < 1.29 is 4.79 Å². The van der Waals surface area contributed by atoms with Gasteiger partial charge in [0.1, 0.15) is 6.54 Å². The number of nitrogen functional groups attached to an aromatic ring is 1. The quantitative estimate of drug-likeness (QED) is 0.822. The fourth-order valence-electron chi connectivity index (χ4n) is 2.36. The van der Waals surface area contributed by atoms with Crippen molar-refractivity contribution in [3.05, 3.63) is 11.4 Å². The maximum atomic E-state index is 12.0. The van der Waals surface area contributed by atoms with E-state index in [4.69, 9.17) is 5.73 Å². The second-order valence-electron chi connectivity index (χ2n) is 5.59. The molecule has 106 valence electrons. The second kappa shape index (κ2) is 5.63. The average Bonchev–Trinajstić information content (AvgIpc) is 3.15. The lowest BCUT2D eigenvalue weighted by Crippen LogP contribution is -2.37. The monoisotopic (exact) mass is 264 g/mol. The van der Waals surface area contributed by atoms with Crippen LogP contribution in [0, 0.1) is 19.8 Å². The highest BCUT2D eigenvalue weighted by Gasteiger charge is 2.25. The Morgan fingerprint density at radius 2 is 2.21 bits per heavy atom. The van der Waals surface area contributed by atoms with Crippen molar-refractivity contribution in [3.8, 4) is 0 Å². The maximum absolute atomic E-state index is 12.0. The first-order valence-electron chi connectivity index (χ1n) is 7.10. The largest absolute Gasteiger partial charge is 0.396 e. The number of hydrogen-bond acceptors (Lipinski definition) is 3. The van der Waals surface area contributed by atoms with E-state index < -0.39 is 0 Å². The van der Waals surface area contributed by atoms with Crippen LogP contribution in [0.1, 0.15) is 44.0 Å². The Hall–Kier alpha value is -1.52. The molecule has 0 aliphatic heterocycles. The smallest absolute Gasteiger partial charge is 0.241 e. The molecule has 1 aromatic heterocycles. The van der Waals surface area contributed by atoms with E-state index in [1.807, 2.05) is 13.8 Å². The Morgan fingerprint density at radius 3 is 2.68 bits per heavy atom. The van der Waals surface area contributed by atoms with E-state index in [9.17, 15) is 4.79 Å². The van der Waals surface area contributed by atoms with Crippen molar-refractivity contribution in [1.82, 2.24) is 15.1 Å². The number of aromatic nitrogens is 2. The standard InChI is InChI=1S/C14H24N4O/c1-4-12(7-11-5-6-11)16-13(19)8-18-10(3)14(15)9(2)17-18/h11-12H,4-8,15H2,1-3H3,(H,16,19). The maximum Gasteiger partial charge on any atom is 0.241 e. The molecule has 0 saturated heterocycles. The van der Waals surface area contributed by atoms with Gasteiger partial charge in [-0.05, 0) is 32.6 Å². The highest BCUT2D eigenvalue weighted by atomic mass is 16.2. The predicted octanol–water partition coefficient (Wildman–Crippen LogP) is 1.78. The van der Waals surface area contributed by atoms with E-state index in [-0.39, 0.29) is 12.5 Å². The lowest BCUT2D eigenvalue weighted by atomic mass is 10.1. The van der Waals surface area contributed by atoms with E-state index in [0.717, 1.165) is 30.1 Å². The van der Waals surface area contributed by atoms with Gasteiger partial charge in [-0.15, -0.1) is 0 Å². The van der Waals surface area contributed by atoms with Crippen LogP contribution in [0.3, 0.4) is 0 Å². The van der Waals surface area contributed by atoms with E-state index in [1.165, 1.54) is 12.8 Å². The third-order valence-electron chi connectivity index (χ3n) is 3.90. The number of nitrogens with one attached hydrogen (secondary N) is 1. The normalized spacial score (nSPS) is 16.4. The third-order valence-corrected chi connectivity index (χ3v) is 3.90. The van der Waals surface area contributed by atoms with Crippen molar-refractivity contribution in [2.24, 2.45) is 5.92 Å². The van der Waals surface area contributed by atoms with E-state index in [0.29, 0.717) is 11.7 Å².